The monoisotopic (exact) mass is 198 g/mol. The first-order valence-corrected chi connectivity index (χ1v) is 4.52. The van der Waals surface area contributed by atoms with Crippen LogP contribution in [-0.4, -0.2) is 24.2 Å². The van der Waals surface area contributed by atoms with Crippen molar-refractivity contribution in [1.29, 1.82) is 0 Å². The third kappa shape index (κ3) is 2.13. The van der Waals surface area contributed by atoms with E-state index in [4.69, 9.17) is 5.11 Å². The highest BCUT2D eigenvalue weighted by atomic mass is 16.5. The number of carbonyl (C=O) groups excluding carboxylic acids is 1. The van der Waals surface area contributed by atoms with Crippen LogP contribution in [0.4, 0.5) is 0 Å². The number of allylic oxidation sites excluding steroid dienone is 2. The number of esters is 1. The van der Waals surface area contributed by atoms with Gasteiger partial charge >= 0.3 is 11.9 Å². The smallest absolute Gasteiger partial charge is 0.309 e. The average molecular weight is 198 g/mol. The molecule has 0 aromatic carbocycles. The van der Waals surface area contributed by atoms with E-state index < -0.39 is 23.8 Å². The zero-order valence-corrected chi connectivity index (χ0v) is 8.32. The number of carboxylic acids is 1. The first-order chi connectivity index (χ1) is 6.56. The Bertz CT molecular complexity index is 280. The zero-order valence-electron chi connectivity index (χ0n) is 8.32. The minimum absolute atomic E-state index is 0.418. The molecule has 0 saturated heterocycles. The van der Waals surface area contributed by atoms with Crippen LogP contribution in [0.5, 0.6) is 0 Å². The summed E-state index contributed by atoms with van der Waals surface area (Å²) < 4.78 is 4.59. The molecule has 0 fully saturated rings. The lowest BCUT2D eigenvalue weighted by Gasteiger charge is -2.25. The molecular formula is C10H14O4. The minimum Gasteiger partial charge on any atom is -0.481 e. The number of carbonyl (C=O) groups is 2. The van der Waals surface area contributed by atoms with Gasteiger partial charge in [-0.3, -0.25) is 9.59 Å². The predicted octanol–water partition coefficient (Wildman–Crippen LogP) is 1.22. The lowest BCUT2D eigenvalue weighted by molar-refractivity contribution is -0.156. The van der Waals surface area contributed by atoms with Crippen LogP contribution in [0.3, 0.4) is 0 Å². The highest BCUT2D eigenvalue weighted by Gasteiger charge is 2.36. The Morgan fingerprint density at radius 1 is 1.50 bits per heavy atom. The van der Waals surface area contributed by atoms with Crippen molar-refractivity contribution in [2.45, 2.75) is 19.8 Å². The third-order valence-corrected chi connectivity index (χ3v) is 2.57. The topological polar surface area (TPSA) is 63.6 Å². The van der Waals surface area contributed by atoms with Gasteiger partial charge in [0.15, 0.2) is 0 Å². The molecule has 1 aliphatic carbocycles. The number of carboxylic acid groups (broad SMARTS) is 1. The molecule has 0 aromatic rings. The number of hydrogen-bond acceptors (Lipinski definition) is 3. The summed E-state index contributed by atoms with van der Waals surface area (Å²) in [4.78, 5) is 22.2. The van der Waals surface area contributed by atoms with Gasteiger partial charge in [0.2, 0.25) is 0 Å². The maximum atomic E-state index is 11.3. The molecule has 0 amide bonds. The molecule has 1 aliphatic rings. The molecule has 14 heavy (non-hydrogen) atoms. The maximum absolute atomic E-state index is 11.3. The predicted molar refractivity (Wildman–Crippen MR) is 49.6 cm³/mol. The maximum Gasteiger partial charge on any atom is 0.309 e. The fourth-order valence-electron chi connectivity index (χ4n) is 1.74. The van der Waals surface area contributed by atoms with Crippen LogP contribution in [0.15, 0.2) is 11.6 Å². The summed E-state index contributed by atoms with van der Waals surface area (Å²) in [7, 11) is 1.29. The van der Waals surface area contributed by atoms with E-state index in [1.54, 1.807) is 0 Å². The molecule has 1 N–H and O–H groups in total. The average Bonchev–Trinajstić information content (AvgIpc) is 2.16. The molecule has 4 nitrogen and oxygen atoms in total. The molecule has 0 saturated carbocycles. The summed E-state index contributed by atoms with van der Waals surface area (Å²) in [6, 6.07) is 0. The molecule has 78 valence electrons. The summed E-state index contributed by atoms with van der Waals surface area (Å²) in [5.41, 5.74) is 1.05. The summed E-state index contributed by atoms with van der Waals surface area (Å²) in [5, 5.41) is 8.90. The van der Waals surface area contributed by atoms with E-state index in [0.717, 1.165) is 5.57 Å². The van der Waals surface area contributed by atoms with Crippen LogP contribution in [-0.2, 0) is 14.3 Å². The lowest BCUT2D eigenvalue weighted by Crippen LogP contribution is -2.32. The quantitative estimate of drug-likeness (QED) is 0.535. The van der Waals surface area contributed by atoms with Crippen LogP contribution in [0.2, 0.25) is 0 Å². The van der Waals surface area contributed by atoms with Crippen LogP contribution in [0.1, 0.15) is 19.8 Å². The van der Waals surface area contributed by atoms with Gasteiger partial charge in [-0.2, -0.15) is 0 Å². The van der Waals surface area contributed by atoms with Gasteiger partial charge in [-0.1, -0.05) is 11.6 Å². The molecule has 2 atom stereocenters. The Morgan fingerprint density at radius 2 is 2.14 bits per heavy atom. The molecule has 0 bridgehead atoms. The van der Waals surface area contributed by atoms with Crippen molar-refractivity contribution in [3.63, 3.8) is 0 Å². The van der Waals surface area contributed by atoms with Gasteiger partial charge < -0.3 is 9.84 Å². The van der Waals surface area contributed by atoms with E-state index in [-0.39, 0.29) is 0 Å². The van der Waals surface area contributed by atoms with Crippen molar-refractivity contribution in [2.24, 2.45) is 11.8 Å². The third-order valence-electron chi connectivity index (χ3n) is 2.57. The SMILES string of the molecule is COC(=O)[C@@H]1CC(C)=CC[C@@H]1C(=O)O. The highest BCUT2D eigenvalue weighted by Crippen LogP contribution is 2.30. The molecular weight excluding hydrogens is 184 g/mol. The van der Waals surface area contributed by atoms with Crippen LogP contribution >= 0.6 is 0 Å². The molecule has 0 aliphatic heterocycles. The van der Waals surface area contributed by atoms with Crippen LogP contribution < -0.4 is 0 Å². The number of ether oxygens (including phenoxy) is 1. The summed E-state index contributed by atoms with van der Waals surface area (Å²) >= 11 is 0. The molecule has 4 heteroatoms. The van der Waals surface area contributed by atoms with E-state index in [1.807, 2.05) is 13.0 Å². The number of methoxy groups -OCH3 is 1. The van der Waals surface area contributed by atoms with Gasteiger partial charge in [-0.15, -0.1) is 0 Å². The second-order valence-corrected chi connectivity index (χ2v) is 3.56. The first-order valence-electron chi connectivity index (χ1n) is 4.52. The fourth-order valence-corrected chi connectivity index (χ4v) is 1.74. The first kappa shape index (κ1) is 10.8. The Labute approximate surface area is 82.6 Å². The number of aliphatic carboxylic acids is 1. The summed E-state index contributed by atoms with van der Waals surface area (Å²) in [6.45, 7) is 1.90. The molecule has 0 aromatic heterocycles. The van der Waals surface area contributed by atoms with E-state index >= 15 is 0 Å². The van der Waals surface area contributed by atoms with Gasteiger partial charge in [0.1, 0.15) is 0 Å². The second kappa shape index (κ2) is 4.26. The van der Waals surface area contributed by atoms with Crippen molar-refractivity contribution >= 4 is 11.9 Å². The van der Waals surface area contributed by atoms with Gasteiger partial charge in [0.05, 0.1) is 18.9 Å². The molecule has 0 heterocycles. The van der Waals surface area contributed by atoms with Gasteiger partial charge in [0, 0.05) is 0 Å². The fraction of sp³-hybridized carbons (Fsp3) is 0.600. The van der Waals surface area contributed by atoms with Crippen molar-refractivity contribution in [1.82, 2.24) is 0 Å². The Balaban J connectivity index is 2.83. The van der Waals surface area contributed by atoms with E-state index in [9.17, 15) is 9.59 Å². The molecule has 0 spiro atoms. The normalized spacial score (nSPS) is 26.6. The largest absolute Gasteiger partial charge is 0.481 e. The number of hydrogen-bond donors (Lipinski definition) is 1. The van der Waals surface area contributed by atoms with Gasteiger partial charge in [-0.05, 0) is 19.8 Å². The van der Waals surface area contributed by atoms with Crippen molar-refractivity contribution in [3.05, 3.63) is 11.6 Å². The van der Waals surface area contributed by atoms with Crippen LogP contribution in [0, 0.1) is 11.8 Å². The lowest BCUT2D eigenvalue weighted by atomic mass is 9.80. The molecule has 0 unspecified atom stereocenters. The Morgan fingerprint density at radius 3 is 2.64 bits per heavy atom. The summed E-state index contributed by atoms with van der Waals surface area (Å²) in [5.74, 6) is -2.51. The molecule has 1 rings (SSSR count). The van der Waals surface area contributed by atoms with E-state index in [1.165, 1.54) is 7.11 Å². The van der Waals surface area contributed by atoms with E-state index in [0.29, 0.717) is 12.8 Å². The van der Waals surface area contributed by atoms with E-state index in [2.05, 4.69) is 4.74 Å². The van der Waals surface area contributed by atoms with Gasteiger partial charge in [0.25, 0.3) is 0 Å². The highest BCUT2D eigenvalue weighted by molar-refractivity contribution is 5.81. The minimum atomic E-state index is -0.927. The zero-order chi connectivity index (χ0) is 10.7. The summed E-state index contributed by atoms with van der Waals surface area (Å²) in [6.07, 6.45) is 2.78. The Hall–Kier alpha value is -1.32. The standard InChI is InChI=1S/C10H14O4/c1-6-3-4-7(9(11)12)8(5-6)10(13)14-2/h3,7-8H,4-5H2,1-2H3,(H,11,12)/t7-,8+/m0/s1. The number of rotatable bonds is 2. The van der Waals surface area contributed by atoms with Crippen molar-refractivity contribution in [3.8, 4) is 0 Å². The van der Waals surface area contributed by atoms with Crippen molar-refractivity contribution < 1.29 is 19.4 Å². The second-order valence-electron chi connectivity index (χ2n) is 3.56. The Kier molecular flexibility index (Phi) is 3.28. The van der Waals surface area contributed by atoms with Gasteiger partial charge in [-0.25, -0.2) is 0 Å². The van der Waals surface area contributed by atoms with Crippen molar-refractivity contribution in [2.75, 3.05) is 7.11 Å². The van der Waals surface area contributed by atoms with Crippen LogP contribution in [0.25, 0.3) is 0 Å². The molecule has 0 radical (unpaired) electrons.